The standard InChI is InChI=1S/C9H5Br2ClO2S/c10-4-1-2-14-8(4)7(13)6-3-5(11)9(12)15-6/h1-3,7,13H. The molecular weight excluding hydrogens is 367 g/mol. The maximum Gasteiger partial charge on any atom is 0.151 e. The molecule has 0 radical (unpaired) electrons. The van der Waals surface area contributed by atoms with Gasteiger partial charge in [-0.25, -0.2) is 0 Å². The lowest BCUT2D eigenvalue weighted by Crippen LogP contribution is -1.95. The van der Waals surface area contributed by atoms with Crippen molar-refractivity contribution in [3.8, 4) is 0 Å². The van der Waals surface area contributed by atoms with Crippen LogP contribution in [0.3, 0.4) is 0 Å². The first-order chi connectivity index (χ1) is 7.09. The summed E-state index contributed by atoms with van der Waals surface area (Å²) in [6.07, 6.45) is 0.732. The van der Waals surface area contributed by atoms with Crippen molar-refractivity contribution in [3.63, 3.8) is 0 Å². The normalized spacial score (nSPS) is 13.1. The van der Waals surface area contributed by atoms with E-state index in [1.165, 1.54) is 17.6 Å². The minimum absolute atomic E-state index is 0.486. The number of aliphatic hydroxyl groups is 1. The average molecular weight is 372 g/mol. The van der Waals surface area contributed by atoms with Gasteiger partial charge in [0.2, 0.25) is 0 Å². The zero-order valence-electron chi connectivity index (χ0n) is 7.21. The monoisotopic (exact) mass is 370 g/mol. The summed E-state index contributed by atoms with van der Waals surface area (Å²) >= 11 is 13.8. The van der Waals surface area contributed by atoms with Gasteiger partial charge in [-0.1, -0.05) is 11.6 Å². The van der Waals surface area contributed by atoms with Crippen molar-refractivity contribution in [2.24, 2.45) is 0 Å². The molecule has 80 valence electrons. The first kappa shape index (κ1) is 11.7. The lowest BCUT2D eigenvalue weighted by Gasteiger charge is -2.04. The van der Waals surface area contributed by atoms with Crippen molar-refractivity contribution < 1.29 is 9.52 Å². The van der Waals surface area contributed by atoms with Crippen LogP contribution >= 0.6 is 54.8 Å². The Labute approximate surface area is 112 Å². The fraction of sp³-hybridized carbons (Fsp3) is 0.111. The number of hydrogen-bond donors (Lipinski definition) is 1. The van der Waals surface area contributed by atoms with Gasteiger partial charge in [0.25, 0.3) is 0 Å². The van der Waals surface area contributed by atoms with Crippen molar-refractivity contribution >= 4 is 54.8 Å². The summed E-state index contributed by atoms with van der Waals surface area (Å²) in [7, 11) is 0. The van der Waals surface area contributed by atoms with Crippen LogP contribution in [0.2, 0.25) is 4.34 Å². The molecule has 2 rings (SSSR count). The molecule has 1 N–H and O–H groups in total. The van der Waals surface area contributed by atoms with Gasteiger partial charge in [0.05, 0.1) is 10.7 Å². The number of furan rings is 1. The van der Waals surface area contributed by atoms with Crippen molar-refractivity contribution in [3.05, 3.63) is 42.3 Å². The number of rotatable bonds is 2. The summed E-state index contributed by atoms with van der Waals surface area (Å²) in [6, 6.07) is 3.52. The van der Waals surface area contributed by atoms with E-state index in [-0.39, 0.29) is 0 Å². The Bertz CT molecular complexity index is 461. The molecule has 0 aliphatic heterocycles. The first-order valence-electron chi connectivity index (χ1n) is 3.95. The number of aliphatic hydroxyl groups excluding tert-OH is 1. The Hall–Kier alpha value is 0.190. The molecule has 15 heavy (non-hydrogen) atoms. The van der Waals surface area contributed by atoms with Gasteiger partial charge in [-0.15, -0.1) is 11.3 Å². The van der Waals surface area contributed by atoms with E-state index in [0.29, 0.717) is 10.1 Å². The summed E-state index contributed by atoms with van der Waals surface area (Å²) < 4.78 is 7.33. The van der Waals surface area contributed by atoms with Crippen molar-refractivity contribution in [2.45, 2.75) is 6.10 Å². The molecule has 2 aromatic rings. The smallest absolute Gasteiger partial charge is 0.151 e. The van der Waals surface area contributed by atoms with Gasteiger partial charge in [-0.05, 0) is 44.0 Å². The molecule has 0 saturated carbocycles. The first-order valence-corrected chi connectivity index (χ1v) is 6.73. The third-order valence-electron chi connectivity index (χ3n) is 1.83. The van der Waals surface area contributed by atoms with Crippen LogP contribution in [-0.4, -0.2) is 5.11 Å². The molecule has 0 fully saturated rings. The summed E-state index contributed by atoms with van der Waals surface area (Å²) in [5, 5.41) is 10.0. The van der Waals surface area contributed by atoms with Gasteiger partial charge in [0, 0.05) is 9.35 Å². The van der Waals surface area contributed by atoms with E-state index < -0.39 is 6.10 Å². The molecule has 2 heterocycles. The summed E-state index contributed by atoms with van der Waals surface area (Å²) in [5.74, 6) is 0.486. The highest BCUT2D eigenvalue weighted by Crippen LogP contribution is 2.39. The van der Waals surface area contributed by atoms with Crippen molar-refractivity contribution in [2.75, 3.05) is 0 Å². The second-order valence-electron chi connectivity index (χ2n) is 2.81. The molecule has 0 saturated heterocycles. The van der Waals surface area contributed by atoms with E-state index in [9.17, 15) is 5.11 Å². The van der Waals surface area contributed by atoms with Crippen LogP contribution in [0, 0.1) is 0 Å². The van der Waals surface area contributed by atoms with Crippen LogP contribution in [0.4, 0.5) is 0 Å². The number of thiophene rings is 1. The van der Waals surface area contributed by atoms with Crippen LogP contribution in [0.25, 0.3) is 0 Å². The van der Waals surface area contributed by atoms with Crippen molar-refractivity contribution in [1.29, 1.82) is 0 Å². The highest BCUT2D eigenvalue weighted by atomic mass is 79.9. The molecule has 2 aromatic heterocycles. The molecule has 6 heteroatoms. The molecule has 0 bridgehead atoms. The van der Waals surface area contributed by atoms with Crippen LogP contribution in [0.1, 0.15) is 16.7 Å². The van der Waals surface area contributed by atoms with Crippen LogP contribution < -0.4 is 0 Å². The average Bonchev–Trinajstić information content (AvgIpc) is 2.74. The number of hydrogen-bond acceptors (Lipinski definition) is 3. The van der Waals surface area contributed by atoms with Crippen LogP contribution in [0.5, 0.6) is 0 Å². The van der Waals surface area contributed by atoms with E-state index in [0.717, 1.165) is 13.8 Å². The maximum absolute atomic E-state index is 10.0. The van der Waals surface area contributed by atoms with Gasteiger partial charge in [0.1, 0.15) is 10.4 Å². The molecule has 0 amide bonds. The van der Waals surface area contributed by atoms with Gasteiger partial charge < -0.3 is 9.52 Å². The molecule has 1 unspecified atom stereocenters. The highest BCUT2D eigenvalue weighted by Gasteiger charge is 2.20. The van der Waals surface area contributed by atoms with E-state index in [1.807, 2.05) is 0 Å². The minimum atomic E-state index is -0.789. The molecule has 0 aliphatic carbocycles. The van der Waals surface area contributed by atoms with Gasteiger partial charge in [-0.2, -0.15) is 0 Å². The fourth-order valence-electron chi connectivity index (χ4n) is 1.13. The fourth-order valence-corrected chi connectivity index (χ4v) is 3.27. The molecule has 2 nitrogen and oxygen atoms in total. The quantitative estimate of drug-likeness (QED) is 0.836. The summed E-state index contributed by atoms with van der Waals surface area (Å²) in [4.78, 5) is 0.738. The van der Waals surface area contributed by atoms with E-state index >= 15 is 0 Å². The summed E-state index contributed by atoms with van der Waals surface area (Å²) in [5.41, 5.74) is 0. The Kier molecular flexibility index (Phi) is 3.57. The van der Waals surface area contributed by atoms with Crippen molar-refractivity contribution in [1.82, 2.24) is 0 Å². The van der Waals surface area contributed by atoms with E-state index in [4.69, 9.17) is 16.0 Å². The zero-order chi connectivity index (χ0) is 11.0. The summed E-state index contributed by atoms with van der Waals surface area (Å²) in [6.45, 7) is 0. The molecular formula is C9H5Br2ClO2S. The number of halogens is 3. The minimum Gasteiger partial charge on any atom is -0.465 e. The topological polar surface area (TPSA) is 33.4 Å². The predicted molar refractivity (Wildman–Crippen MR) is 67.5 cm³/mol. The molecule has 0 aliphatic rings. The second kappa shape index (κ2) is 4.59. The highest BCUT2D eigenvalue weighted by molar-refractivity contribution is 9.10. The Morgan fingerprint density at radius 2 is 2.13 bits per heavy atom. The second-order valence-corrected chi connectivity index (χ2v) is 6.20. The third kappa shape index (κ3) is 2.31. The maximum atomic E-state index is 10.0. The van der Waals surface area contributed by atoms with E-state index in [1.54, 1.807) is 12.1 Å². The molecule has 0 spiro atoms. The lowest BCUT2D eigenvalue weighted by molar-refractivity contribution is 0.192. The Morgan fingerprint density at radius 1 is 1.40 bits per heavy atom. The molecule has 0 aromatic carbocycles. The predicted octanol–water partition coefficient (Wildman–Crippen LogP) is 4.60. The van der Waals surface area contributed by atoms with Crippen LogP contribution in [0.15, 0.2) is 31.8 Å². The lowest BCUT2D eigenvalue weighted by atomic mass is 10.2. The SMILES string of the molecule is OC(c1cc(Br)c(Cl)s1)c1occc1Br. The molecule has 1 atom stereocenters. The Morgan fingerprint density at radius 3 is 2.60 bits per heavy atom. The Balaban J connectivity index is 2.36. The third-order valence-corrected chi connectivity index (χ3v) is 5.01. The van der Waals surface area contributed by atoms with Gasteiger partial charge in [0.15, 0.2) is 5.76 Å². The van der Waals surface area contributed by atoms with Gasteiger partial charge in [-0.3, -0.25) is 0 Å². The zero-order valence-corrected chi connectivity index (χ0v) is 12.0. The van der Waals surface area contributed by atoms with E-state index in [2.05, 4.69) is 31.9 Å². The van der Waals surface area contributed by atoms with Crippen LogP contribution in [-0.2, 0) is 0 Å². The van der Waals surface area contributed by atoms with Gasteiger partial charge >= 0.3 is 0 Å². The largest absolute Gasteiger partial charge is 0.465 e.